The Bertz CT molecular complexity index is 390. The molecule has 0 saturated heterocycles. The van der Waals surface area contributed by atoms with Gasteiger partial charge in [0.15, 0.2) is 0 Å². The molecule has 2 unspecified atom stereocenters. The fourth-order valence-corrected chi connectivity index (χ4v) is 2.43. The summed E-state index contributed by atoms with van der Waals surface area (Å²) in [5, 5.41) is 3.00. The fourth-order valence-electron chi connectivity index (χ4n) is 2.43. The molecule has 3 heteroatoms. The maximum Gasteiger partial charge on any atom is 0.252 e. The Morgan fingerprint density at radius 1 is 1.35 bits per heavy atom. The molecule has 1 saturated carbocycles. The highest BCUT2D eigenvalue weighted by atomic mass is 16.1. The highest BCUT2D eigenvalue weighted by Crippen LogP contribution is 2.29. The first-order valence-corrected chi connectivity index (χ1v) is 6.28. The van der Waals surface area contributed by atoms with Crippen molar-refractivity contribution in [2.75, 3.05) is 0 Å². The van der Waals surface area contributed by atoms with Crippen LogP contribution in [0, 0.1) is 5.92 Å². The molecule has 0 aromatic heterocycles. The van der Waals surface area contributed by atoms with Crippen LogP contribution in [0.25, 0.3) is 0 Å². The normalized spacial score (nSPS) is 28.7. The van der Waals surface area contributed by atoms with Crippen LogP contribution in [0.5, 0.6) is 0 Å². The van der Waals surface area contributed by atoms with Gasteiger partial charge in [0, 0.05) is 5.56 Å². The van der Waals surface area contributed by atoms with Gasteiger partial charge in [-0.1, -0.05) is 31.5 Å². The molecule has 1 amide bonds. The molecule has 17 heavy (non-hydrogen) atoms. The molecular weight excluding hydrogens is 212 g/mol. The molecule has 3 N–H and O–H groups in total. The summed E-state index contributed by atoms with van der Waals surface area (Å²) in [7, 11) is 0. The van der Waals surface area contributed by atoms with Gasteiger partial charge >= 0.3 is 0 Å². The molecule has 1 fully saturated rings. The minimum Gasteiger partial charge on any atom is -0.334 e. The summed E-state index contributed by atoms with van der Waals surface area (Å²) in [6.07, 6.45) is 4.26. The SMILES string of the molecule is CC1CCCCC1(N)NC(=O)c1ccccc1. The lowest BCUT2D eigenvalue weighted by atomic mass is 9.80. The Kier molecular flexibility index (Phi) is 3.48. The van der Waals surface area contributed by atoms with E-state index in [4.69, 9.17) is 5.73 Å². The molecule has 0 heterocycles. The average Bonchev–Trinajstić information content (AvgIpc) is 2.34. The van der Waals surface area contributed by atoms with Crippen molar-refractivity contribution in [3.05, 3.63) is 35.9 Å². The summed E-state index contributed by atoms with van der Waals surface area (Å²) in [6, 6.07) is 9.25. The molecule has 0 spiro atoms. The second-order valence-electron chi connectivity index (χ2n) is 5.01. The maximum atomic E-state index is 12.1. The second kappa shape index (κ2) is 4.88. The summed E-state index contributed by atoms with van der Waals surface area (Å²) >= 11 is 0. The van der Waals surface area contributed by atoms with Gasteiger partial charge in [-0.25, -0.2) is 0 Å². The Labute approximate surface area is 102 Å². The van der Waals surface area contributed by atoms with Crippen molar-refractivity contribution in [2.24, 2.45) is 11.7 Å². The summed E-state index contributed by atoms with van der Waals surface area (Å²) < 4.78 is 0. The molecule has 2 atom stereocenters. The van der Waals surface area contributed by atoms with E-state index in [-0.39, 0.29) is 5.91 Å². The molecule has 92 valence electrons. The number of carbonyl (C=O) groups is 1. The monoisotopic (exact) mass is 232 g/mol. The molecule has 1 aromatic carbocycles. The third-order valence-corrected chi connectivity index (χ3v) is 3.74. The van der Waals surface area contributed by atoms with E-state index in [1.807, 2.05) is 30.3 Å². The van der Waals surface area contributed by atoms with Crippen molar-refractivity contribution in [1.82, 2.24) is 5.32 Å². The number of carbonyl (C=O) groups excluding carboxylic acids is 1. The van der Waals surface area contributed by atoms with Crippen LogP contribution in [-0.4, -0.2) is 11.6 Å². The smallest absolute Gasteiger partial charge is 0.252 e. The minimum atomic E-state index is -0.537. The maximum absolute atomic E-state index is 12.1. The lowest BCUT2D eigenvalue weighted by molar-refractivity contribution is 0.0810. The van der Waals surface area contributed by atoms with Gasteiger partial charge < -0.3 is 11.1 Å². The molecule has 2 rings (SSSR count). The number of nitrogens with two attached hydrogens (primary N) is 1. The standard InChI is InChI=1S/C14H20N2O/c1-11-7-5-6-10-14(11,15)16-13(17)12-8-3-2-4-9-12/h2-4,8-9,11H,5-7,10,15H2,1H3,(H,16,17). The van der Waals surface area contributed by atoms with Crippen LogP contribution in [0.2, 0.25) is 0 Å². The highest BCUT2D eigenvalue weighted by molar-refractivity contribution is 5.94. The Morgan fingerprint density at radius 2 is 2.06 bits per heavy atom. The predicted molar refractivity (Wildman–Crippen MR) is 68.5 cm³/mol. The van der Waals surface area contributed by atoms with E-state index in [0.717, 1.165) is 19.3 Å². The van der Waals surface area contributed by atoms with Crippen molar-refractivity contribution in [1.29, 1.82) is 0 Å². The van der Waals surface area contributed by atoms with E-state index in [2.05, 4.69) is 12.2 Å². The van der Waals surface area contributed by atoms with Crippen LogP contribution in [0.3, 0.4) is 0 Å². The van der Waals surface area contributed by atoms with Gasteiger partial charge in [0.2, 0.25) is 0 Å². The van der Waals surface area contributed by atoms with Crippen molar-refractivity contribution in [3.63, 3.8) is 0 Å². The zero-order valence-electron chi connectivity index (χ0n) is 10.3. The first-order chi connectivity index (χ1) is 8.12. The number of rotatable bonds is 2. The number of amides is 1. The molecule has 3 nitrogen and oxygen atoms in total. The minimum absolute atomic E-state index is 0.0677. The predicted octanol–water partition coefficient (Wildman–Crippen LogP) is 2.28. The van der Waals surface area contributed by atoms with Crippen LogP contribution in [0.15, 0.2) is 30.3 Å². The van der Waals surface area contributed by atoms with E-state index >= 15 is 0 Å². The van der Waals surface area contributed by atoms with Crippen molar-refractivity contribution in [2.45, 2.75) is 38.3 Å². The second-order valence-corrected chi connectivity index (χ2v) is 5.01. The molecule has 0 bridgehead atoms. The molecule has 0 aliphatic heterocycles. The first kappa shape index (κ1) is 12.1. The largest absolute Gasteiger partial charge is 0.334 e. The average molecular weight is 232 g/mol. The highest BCUT2D eigenvalue weighted by Gasteiger charge is 2.35. The zero-order valence-corrected chi connectivity index (χ0v) is 10.3. The van der Waals surface area contributed by atoms with Crippen molar-refractivity contribution in [3.8, 4) is 0 Å². The topological polar surface area (TPSA) is 55.1 Å². The van der Waals surface area contributed by atoms with E-state index in [1.54, 1.807) is 0 Å². The van der Waals surface area contributed by atoms with Gasteiger partial charge in [0.1, 0.15) is 0 Å². The van der Waals surface area contributed by atoms with Crippen LogP contribution < -0.4 is 11.1 Å². The van der Waals surface area contributed by atoms with Gasteiger partial charge in [-0.3, -0.25) is 4.79 Å². The van der Waals surface area contributed by atoms with Crippen LogP contribution in [-0.2, 0) is 0 Å². The summed E-state index contributed by atoms with van der Waals surface area (Å²) in [4.78, 5) is 12.1. The van der Waals surface area contributed by atoms with Gasteiger partial charge in [-0.05, 0) is 37.3 Å². The number of benzene rings is 1. The Hall–Kier alpha value is -1.35. The first-order valence-electron chi connectivity index (χ1n) is 6.28. The number of nitrogens with one attached hydrogen (secondary N) is 1. The van der Waals surface area contributed by atoms with Gasteiger partial charge in [-0.2, -0.15) is 0 Å². The van der Waals surface area contributed by atoms with E-state index in [9.17, 15) is 4.79 Å². The lowest BCUT2D eigenvalue weighted by Crippen LogP contribution is -2.61. The molecule has 0 radical (unpaired) electrons. The van der Waals surface area contributed by atoms with Crippen LogP contribution >= 0.6 is 0 Å². The number of hydrogen-bond acceptors (Lipinski definition) is 2. The van der Waals surface area contributed by atoms with Crippen LogP contribution in [0.1, 0.15) is 43.0 Å². The van der Waals surface area contributed by atoms with Crippen molar-refractivity contribution >= 4 is 5.91 Å². The van der Waals surface area contributed by atoms with Gasteiger partial charge in [0.05, 0.1) is 5.66 Å². The quantitative estimate of drug-likeness (QED) is 0.769. The third-order valence-electron chi connectivity index (χ3n) is 3.74. The van der Waals surface area contributed by atoms with Crippen LogP contribution in [0.4, 0.5) is 0 Å². The lowest BCUT2D eigenvalue weighted by Gasteiger charge is -2.40. The fraction of sp³-hybridized carbons (Fsp3) is 0.500. The summed E-state index contributed by atoms with van der Waals surface area (Å²) in [5.41, 5.74) is 6.45. The molecular formula is C14H20N2O. The van der Waals surface area contributed by atoms with Gasteiger partial charge in [-0.15, -0.1) is 0 Å². The van der Waals surface area contributed by atoms with Gasteiger partial charge in [0.25, 0.3) is 5.91 Å². The van der Waals surface area contributed by atoms with E-state index in [1.165, 1.54) is 6.42 Å². The Balaban J connectivity index is 2.07. The number of hydrogen-bond donors (Lipinski definition) is 2. The van der Waals surface area contributed by atoms with E-state index < -0.39 is 5.66 Å². The molecule has 1 aliphatic carbocycles. The summed E-state index contributed by atoms with van der Waals surface area (Å²) in [5.74, 6) is 0.269. The zero-order chi connectivity index (χ0) is 12.3. The summed E-state index contributed by atoms with van der Waals surface area (Å²) in [6.45, 7) is 2.12. The Morgan fingerprint density at radius 3 is 2.71 bits per heavy atom. The van der Waals surface area contributed by atoms with Crippen molar-refractivity contribution < 1.29 is 4.79 Å². The molecule has 1 aromatic rings. The third kappa shape index (κ3) is 2.67. The molecule has 1 aliphatic rings. The van der Waals surface area contributed by atoms with E-state index in [0.29, 0.717) is 11.5 Å².